The minimum Gasteiger partial charge on any atom is -0.390 e. The lowest BCUT2D eigenvalue weighted by atomic mass is 9.78. The number of hydrogen-bond donors (Lipinski definition) is 1. The summed E-state index contributed by atoms with van der Waals surface area (Å²) in [6.45, 7) is 0. The Kier molecular flexibility index (Phi) is 4.98. The molecule has 1 aromatic carbocycles. The van der Waals surface area contributed by atoms with Crippen molar-refractivity contribution in [1.82, 2.24) is 0 Å². The van der Waals surface area contributed by atoms with E-state index in [0.29, 0.717) is 16.5 Å². The minimum atomic E-state index is -0.659. The van der Waals surface area contributed by atoms with Gasteiger partial charge in [0.1, 0.15) is 5.82 Å². The summed E-state index contributed by atoms with van der Waals surface area (Å²) in [5.74, 6) is -0.282. The fraction of sp³-hybridized carbons (Fsp3) is 0.600. The lowest BCUT2D eigenvalue weighted by Gasteiger charge is -2.40. The summed E-state index contributed by atoms with van der Waals surface area (Å²) in [4.78, 5) is 0. The van der Waals surface area contributed by atoms with E-state index < -0.39 is 11.7 Å². The molecule has 2 nitrogen and oxygen atoms in total. The van der Waals surface area contributed by atoms with Gasteiger partial charge in [0.25, 0.3) is 0 Å². The van der Waals surface area contributed by atoms with Crippen LogP contribution in [0.1, 0.15) is 37.7 Å². The summed E-state index contributed by atoms with van der Waals surface area (Å²) in [7, 11) is 1.65. The van der Waals surface area contributed by atoms with Crippen molar-refractivity contribution in [1.29, 1.82) is 0 Å². The Bertz CT molecular complexity index is 430. The lowest BCUT2D eigenvalue weighted by molar-refractivity contribution is -0.122. The molecule has 0 aliphatic heterocycles. The molecule has 1 aromatic rings. The molecule has 0 amide bonds. The van der Waals surface area contributed by atoms with E-state index >= 15 is 0 Å². The number of methoxy groups -OCH3 is 1. The minimum absolute atomic E-state index is 0.282. The average molecular weight is 331 g/mol. The SMILES string of the molecule is COC1(C(O)Cc2ccc(Br)cc2F)CCCCC1. The molecule has 0 bridgehead atoms. The molecule has 1 atom stereocenters. The van der Waals surface area contributed by atoms with Crippen LogP contribution in [-0.4, -0.2) is 23.9 Å². The zero-order chi connectivity index (χ0) is 13.9. The van der Waals surface area contributed by atoms with E-state index in [9.17, 15) is 9.50 Å². The molecule has 1 saturated carbocycles. The van der Waals surface area contributed by atoms with Crippen molar-refractivity contribution in [3.8, 4) is 0 Å². The Morgan fingerprint density at radius 1 is 1.37 bits per heavy atom. The monoisotopic (exact) mass is 330 g/mol. The summed E-state index contributed by atoms with van der Waals surface area (Å²) in [6.07, 6.45) is 4.65. The second-order valence-electron chi connectivity index (χ2n) is 5.29. The van der Waals surface area contributed by atoms with E-state index in [0.717, 1.165) is 25.7 Å². The third kappa shape index (κ3) is 3.36. The number of ether oxygens (including phenoxy) is 1. The molecule has 0 aromatic heterocycles. The van der Waals surface area contributed by atoms with E-state index in [2.05, 4.69) is 15.9 Å². The third-order valence-electron chi connectivity index (χ3n) is 4.14. The maximum Gasteiger partial charge on any atom is 0.127 e. The molecule has 0 saturated heterocycles. The van der Waals surface area contributed by atoms with E-state index in [1.807, 2.05) is 0 Å². The van der Waals surface area contributed by atoms with Gasteiger partial charge in [-0.05, 0) is 30.5 Å². The average Bonchev–Trinajstić information content (AvgIpc) is 2.42. The van der Waals surface area contributed by atoms with Gasteiger partial charge in [-0.1, -0.05) is 41.3 Å². The van der Waals surface area contributed by atoms with E-state index in [4.69, 9.17) is 4.74 Å². The fourth-order valence-corrected chi connectivity index (χ4v) is 3.24. The Hall–Kier alpha value is -0.450. The normalized spacial score (nSPS) is 20.2. The molecule has 2 rings (SSSR count). The van der Waals surface area contributed by atoms with Gasteiger partial charge in [0.2, 0.25) is 0 Å². The van der Waals surface area contributed by atoms with Gasteiger partial charge in [-0.2, -0.15) is 0 Å². The molecule has 19 heavy (non-hydrogen) atoms. The maximum absolute atomic E-state index is 13.8. The second-order valence-corrected chi connectivity index (χ2v) is 6.20. The number of rotatable bonds is 4. The van der Waals surface area contributed by atoms with E-state index in [1.165, 1.54) is 12.5 Å². The Labute approximate surface area is 122 Å². The highest BCUT2D eigenvalue weighted by Crippen LogP contribution is 2.35. The van der Waals surface area contributed by atoms with Gasteiger partial charge in [-0.15, -0.1) is 0 Å². The van der Waals surface area contributed by atoms with Crippen molar-refractivity contribution in [3.05, 3.63) is 34.1 Å². The van der Waals surface area contributed by atoms with Crippen LogP contribution in [0.5, 0.6) is 0 Å². The summed E-state index contributed by atoms with van der Waals surface area (Å²) in [6, 6.07) is 4.95. The maximum atomic E-state index is 13.8. The summed E-state index contributed by atoms with van der Waals surface area (Å²) >= 11 is 3.24. The van der Waals surface area contributed by atoms with Crippen LogP contribution in [0.2, 0.25) is 0 Å². The van der Waals surface area contributed by atoms with Crippen LogP contribution in [0.15, 0.2) is 22.7 Å². The number of hydrogen-bond acceptors (Lipinski definition) is 2. The van der Waals surface area contributed by atoms with Crippen LogP contribution >= 0.6 is 15.9 Å². The highest BCUT2D eigenvalue weighted by molar-refractivity contribution is 9.10. The van der Waals surface area contributed by atoms with Gasteiger partial charge in [-0.25, -0.2) is 4.39 Å². The molecular weight excluding hydrogens is 311 g/mol. The standard InChI is InChI=1S/C15H20BrFO2/c1-19-15(7-3-2-4-8-15)14(18)9-11-5-6-12(16)10-13(11)17/h5-6,10,14,18H,2-4,7-9H2,1H3. The van der Waals surface area contributed by atoms with Crippen LogP contribution < -0.4 is 0 Å². The Morgan fingerprint density at radius 3 is 2.63 bits per heavy atom. The zero-order valence-corrected chi connectivity index (χ0v) is 12.7. The van der Waals surface area contributed by atoms with Crippen LogP contribution in [0, 0.1) is 5.82 Å². The molecule has 0 heterocycles. The first kappa shape index (κ1) is 14.9. The smallest absolute Gasteiger partial charge is 0.127 e. The topological polar surface area (TPSA) is 29.5 Å². The largest absolute Gasteiger partial charge is 0.390 e. The van der Waals surface area contributed by atoms with Crippen LogP contribution in [0.4, 0.5) is 4.39 Å². The molecule has 1 unspecified atom stereocenters. The van der Waals surface area contributed by atoms with Crippen molar-refractivity contribution < 1.29 is 14.2 Å². The third-order valence-corrected chi connectivity index (χ3v) is 4.64. The molecule has 4 heteroatoms. The Morgan fingerprint density at radius 2 is 2.05 bits per heavy atom. The molecule has 0 spiro atoms. The van der Waals surface area contributed by atoms with Gasteiger partial charge in [0.15, 0.2) is 0 Å². The zero-order valence-electron chi connectivity index (χ0n) is 11.2. The van der Waals surface area contributed by atoms with Crippen molar-refractivity contribution >= 4 is 15.9 Å². The van der Waals surface area contributed by atoms with Gasteiger partial charge in [-0.3, -0.25) is 0 Å². The summed E-state index contributed by atoms with van der Waals surface area (Å²) < 4.78 is 20.1. The highest BCUT2D eigenvalue weighted by Gasteiger charge is 2.39. The predicted molar refractivity (Wildman–Crippen MR) is 76.6 cm³/mol. The van der Waals surface area contributed by atoms with Gasteiger partial charge in [0.05, 0.1) is 11.7 Å². The van der Waals surface area contributed by atoms with Gasteiger partial charge >= 0.3 is 0 Å². The first-order valence-electron chi connectivity index (χ1n) is 6.74. The quantitative estimate of drug-likeness (QED) is 0.908. The van der Waals surface area contributed by atoms with E-state index in [-0.39, 0.29) is 5.82 Å². The molecule has 106 valence electrons. The van der Waals surface area contributed by atoms with Gasteiger partial charge < -0.3 is 9.84 Å². The van der Waals surface area contributed by atoms with Crippen molar-refractivity contribution in [2.75, 3.05) is 7.11 Å². The van der Waals surface area contributed by atoms with Crippen molar-refractivity contribution in [2.24, 2.45) is 0 Å². The molecule has 1 aliphatic carbocycles. The number of halogens is 2. The summed E-state index contributed by atoms with van der Waals surface area (Å²) in [5, 5.41) is 10.5. The molecule has 1 fully saturated rings. The second kappa shape index (κ2) is 6.33. The van der Waals surface area contributed by atoms with Crippen LogP contribution in [-0.2, 0) is 11.2 Å². The highest BCUT2D eigenvalue weighted by atomic mass is 79.9. The number of aliphatic hydroxyl groups excluding tert-OH is 1. The Balaban J connectivity index is 2.12. The fourth-order valence-electron chi connectivity index (χ4n) is 2.91. The summed E-state index contributed by atoms with van der Waals surface area (Å²) in [5.41, 5.74) is 0.0373. The molecular formula is C15H20BrFO2. The lowest BCUT2D eigenvalue weighted by Crippen LogP contribution is -2.47. The molecule has 1 aliphatic rings. The van der Waals surface area contributed by atoms with Crippen LogP contribution in [0.25, 0.3) is 0 Å². The number of aliphatic hydroxyl groups is 1. The van der Waals surface area contributed by atoms with Gasteiger partial charge in [0, 0.05) is 18.0 Å². The first-order valence-corrected chi connectivity index (χ1v) is 7.54. The van der Waals surface area contributed by atoms with Crippen molar-refractivity contribution in [2.45, 2.75) is 50.2 Å². The van der Waals surface area contributed by atoms with Crippen LogP contribution in [0.3, 0.4) is 0 Å². The van der Waals surface area contributed by atoms with E-state index in [1.54, 1.807) is 19.2 Å². The predicted octanol–water partition coefficient (Wildman–Crippen LogP) is 3.84. The molecule has 1 N–H and O–H groups in total. The first-order chi connectivity index (χ1) is 9.07. The molecule has 0 radical (unpaired) electrons. The number of benzene rings is 1. The van der Waals surface area contributed by atoms with Crippen molar-refractivity contribution in [3.63, 3.8) is 0 Å².